The second-order valence-corrected chi connectivity index (χ2v) is 28.9. The van der Waals surface area contributed by atoms with Gasteiger partial charge in [-0.05, 0) is 193 Å². The lowest BCUT2D eigenvalue weighted by Crippen LogP contribution is -2.60. The number of benzene rings is 7. The van der Waals surface area contributed by atoms with Gasteiger partial charge in [-0.1, -0.05) is 174 Å². The summed E-state index contributed by atoms with van der Waals surface area (Å²) in [5.74, 6) is 0. The largest absolute Gasteiger partial charge is 0.311 e. The quantitative estimate of drug-likeness (QED) is 0.163. The smallest absolute Gasteiger partial charge is 0.264 e. The van der Waals surface area contributed by atoms with E-state index < -0.39 is 0 Å². The summed E-state index contributed by atoms with van der Waals surface area (Å²) in [7, 11) is 0. The standard InChI is InChI=1S/C71H75BN2S/c1-43-37-59-63-60(38-43)74(57-22-18-21-52-62(57)48-19-14-15-20-50(48)71(52)31-16-13-17-32-71)64-49-41-54-55(70(11,12)36-35-69(54,9)10)42-61(49)75-65(64)72(63)56-30-26-46(66(2,3)4)40-58(56)73(59)47-27-23-44(24-28-47)45-25-29-51-53(39-45)68(7,8)34-33-67(51,5)6/h14-15,18-30,37-42H,13,16-17,31-36H2,1-12H3. The van der Waals surface area contributed by atoms with Gasteiger partial charge in [0.15, 0.2) is 0 Å². The van der Waals surface area contributed by atoms with Crippen LogP contribution in [0.2, 0.25) is 0 Å². The maximum absolute atomic E-state index is 2.80. The van der Waals surface area contributed by atoms with Gasteiger partial charge in [-0.25, -0.2) is 0 Å². The third kappa shape index (κ3) is 6.82. The molecule has 1 aromatic heterocycles. The maximum Gasteiger partial charge on any atom is 0.264 e. The van der Waals surface area contributed by atoms with E-state index in [9.17, 15) is 0 Å². The predicted octanol–water partition coefficient (Wildman–Crippen LogP) is 18.2. The highest BCUT2D eigenvalue weighted by Crippen LogP contribution is 2.61. The Morgan fingerprint density at radius 2 is 1.11 bits per heavy atom. The van der Waals surface area contributed by atoms with E-state index in [1.807, 2.05) is 0 Å². The van der Waals surface area contributed by atoms with Crippen LogP contribution in [-0.2, 0) is 32.5 Å². The first kappa shape index (κ1) is 47.6. The molecule has 0 amide bonds. The first-order chi connectivity index (χ1) is 35.7. The van der Waals surface area contributed by atoms with Crippen LogP contribution in [0.3, 0.4) is 0 Å². The van der Waals surface area contributed by atoms with Crippen molar-refractivity contribution in [2.75, 3.05) is 9.80 Å². The minimum atomic E-state index is -0.0259. The van der Waals surface area contributed by atoms with Crippen molar-refractivity contribution in [2.24, 2.45) is 0 Å². The van der Waals surface area contributed by atoms with Crippen molar-refractivity contribution in [3.05, 3.63) is 172 Å². The molecule has 0 N–H and O–H groups in total. The second-order valence-electron chi connectivity index (χ2n) is 27.8. The number of thiophene rings is 1. The van der Waals surface area contributed by atoms with Crippen molar-refractivity contribution < 1.29 is 0 Å². The first-order valence-electron chi connectivity index (χ1n) is 28.7. The summed E-state index contributed by atoms with van der Waals surface area (Å²) >= 11 is 2.07. The highest BCUT2D eigenvalue weighted by Gasteiger charge is 2.50. The Morgan fingerprint density at radius 1 is 0.493 bits per heavy atom. The summed E-state index contributed by atoms with van der Waals surface area (Å²) in [5, 5.41) is 1.41. The van der Waals surface area contributed by atoms with Crippen molar-refractivity contribution in [1.29, 1.82) is 0 Å². The normalized spacial score (nSPS) is 19.7. The molecule has 14 rings (SSSR count). The molecular formula is C71H75BN2S. The third-order valence-corrected chi connectivity index (χ3v) is 21.4. The van der Waals surface area contributed by atoms with Crippen LogP contribution in [-0.4, -0.2) is 6.71 Å². The van der Waals surface area contributed by atoms with Crippen LogP contribution in [0.4, 0.5) is 34.1 Å². The highest BCUT2D eigenvalue weighted by atomic mass is 32.1. The van der Waals surface area contributed by atoms with Gasteiger partial charge in [-0.3, -0.25) is 0 Å². The molecular weight excluding hydrogens is 924 g/mol. The SMILES string of the molecule is Cc1cc2c3c(c1)N(c1cccc4c1-c1ccccc1C41CCCCC1)c1c(sc4cc5c(cc14)C(C)(C)CCC5(C)C)B3c1ccc(C(C)(C)C)cc1N2c1ccc(-c2ccc3c(c2)C(C)(C)CCC3(C)C)cc1. The van der Waals surface area contributed by atoms with Crippen LogP contribution < -0.4 is 25.5 Å². The number of fused-ring (bicyclic) bond motifs is 13. The van der Waals surface area contributed by atoms with Gasteiger partial charge in [0.2, 0.25) is 0 Å². The molecule has 75 heavy (non-hydrogen) atoms. The molecule has 0 unspecified atom stereocenters. The second kappa shape index (κ2) is 15.9. The summed E-state index contributed by atoms with van der Waals surface area (Å²) < 4.78 is 2.88. The Morgan fingerprint density at radius 3 is 1.80 bits per heavy atom. The van der Waals surface area contributed by atoms with Crippen LogP contribution in [0, 0.1) is 6.92 Å². The number of hydrogen-bond acceptors (Lipinski definition) is 3. The van der Waals surface area contributed by atoms with Gasteiger partial charge in [0.05, 0.1) is 11.4 Å². The summed E-state index contributed by atoms with van der Waals surface area (Å²) in [6, 6.07) is 51.8. The highest BCUT2D eigenvalue weighted by molar-refractivity contribution is 7.33. The predicted molar refractivity (Wildman–Crippen MR) is 325 cm³/mol. The van der Waals surface area contributed by atoms with E-state index in [0.717, 1.165) is 0 Å². The number of aryl methyl sites for hydroxylation is 1. The van der Waals surface area contributed by atoms with E-state index in [1.165, 1.54) is 173 Å². The Kier molecular flexibility index (Phi) is 10.1. The lowest BCUT2D eigenvalue weighted by Gasteiger charge is -2.44. The van der Waals surface area contributed by atoms with Gasteiger partial charge < -0.3 is 9.80 Å². The Labute approximate surface area is 452 Å². The number of anilines is 6. The van der Waals surface area contributed by atoms with Gasteiger partial charge >= 0.3 is 0 Å². The topological polar surface area (TPSA) is 6.48 Å². The molecule has 0 atom stereocenters. The zero-order valence-electron chi connectivity index (χ0n) is 46.9. The molecule has 0 saturated heterocycles. The molecule has 8 aromatic rings. The van der Waals surface area contributed by atoms with Crippen molar-refractivity contribution in [2.45, 2.75) is 173 Å². The Balaban J connectivity index is 1.03. The molecule has 4 aliphatic carbocycles. The van der Waals surface area contributed by atoms with Crippen molar-refractivity contribution >= 4 is 78.0 Å². The molecule has 2 aliphatic heterocycles. The molecule has 4 heteroatoms. The van der Waals surface area contributed by atoms with Crippen molar-refractivity contribution in [1.82, 2.24) is 0 Å². The lowest BCUT2D eigenvalue weighted by molar-refractivity contribution is 0.332. The van der Waals surface area contributed by atoms with Gasteiger partial charge in [0, 0.05) is 48.6 Å². The van der Waals surface area contributed by atoms with Crippen LogP contribution in [0.25, 0.3) is 32.3 Å². The van der Waals surface area contributed by atoms with E-state index in [0.29, 0.717) is 0 Å². The molecule has 2 nitrogen and oxygen atoms in total. The maximum atomic E-state index is 2.80. The average molecular weight is 999 g/mol. The minimum absolute atomic E-state index is 0.0259. The van der Waals surface area contributed by atoms with Gasteiger partial charge in [-0.2, -0.15) is 0 Å². The number of nitrogens with zero attached hydrogens (tertiary/aromatic N) is 2. The molecule has 3 heterocycles. The molecule has 7 aromatic carbocycles. The Bertz CT molecular complexity index is 3720. The fourth-order valence-corrected chi connectivity index (χ4v) is 16.9. The van der Waals surface area contributed by atoms with Crippen LogP contribution in [0.5, 0.6) is 0 Å². The summed E-state index contributed by atoms with van der Waals surface area (Å²) in [5.41, 5.74) is 28.5. The summed E-state index contributed by atoms with van der Waals surface area (Å²) in [6.07, 6.45) is 11.2. The molecule has 1 spiro atoms. The molecule has 1 fully saturated rings. The van der Waals surface area contributed by atoms with E-state index in [4.69, 9.17) is 0 Å². The van der Waals surface area contributed by atoms with E-state index >= 15 is 0 Å². The van der Waals surface area contributed by atoms with Crippen LogP contribution in [0.1, 0.15) is 178 Å². The molecule has 0 radical (unpaired) electrons. The van der Waals surface area contributed by atoms with Gasteiger partial charge in [-0.15, -0.1) is 11.3 Å². The van der Waals surface area contributed by atoms with E-state index in [-0.39, 0.29) is 39.2 Å². The van der Waals surface area contributed by atoms with Crippen molar-refractivity contribution in [3.63, 3.8) is 0 Å². The third-order valence-electron chi connectivity index (χ3n) is 20.2. The van der Waals surface area contributed by atoms with Gasteiger partial charge in [0.1, 0.15) is 0 Å². The molecule has 378 valence electrons. The zero-order chi connectivity index (χ0) is 51.9. The fourth-order valence-electron chi connectivity index (χ4n) is 15.6. The fraction of sp³-hybridized carbons (Fsp3) is 0.380. The monoisotopic (exact) mass is 999 g/mol. The van der Waals surface area contributed by atoms with Crippen LogP contribution >= 0.6 is 11.3 Å². The molecule has 0 bridgehead atoms. The van der Waals surface area contributed by atoms with Crippen molar-refractivity contribution in [3.8, 4) is 22.3 Å². The van der Waals surface area contributed by atoms with E-state index in [1.54, 1.807) is 11.1 Å². The van der Waals surface area contributed by atoms with Gasteiger partial charge in [0.25, 0.3) is 6.71 Å². The first-order valence-corrected chi connectivity index (χ1v) is 29.5. The number of rotatable bonds is 3. The van der Waals surface area contributed by atoms with E-state index in [2.05, 4.69) is 232 Å². The molecule has 6 aliphatic rings. The molecule has 1 saturated carbocycles. The lowest BCUT2D eigenvalue weighted by atomic mass is 9.36. The Hall–Kier alpha value is -5.84. The zero-order valence-corrected chi connectivity index (χ0v) is 47.7. The summed E-state index contributed by atoms with van der Waals surface area (Å²) in [4.78, 5) is 5.45. The summed E-state index contributed by atoms with van der Waals surface area (Å²) in [6.45, 7) is 29.2. The number of hydrogen-bond donors (Lipinski definition) is 0. The minimum Gasteiger partial charge on any atom is -0.311 e. The van der Waals surface area contributed by atoms with Crippen LogP contribution in [0.15, 0.2) is 127 Å². The average Bonchev–Trinajstić information content (AvgIpc) is 3.90.